The van der Waals surface area contributed by atoms with Crippen LogP contribution in [0.1, 0.15) is 29.7 Å². The summed E-state index contributed by atoms with van der Waals surface area (Å²) in [7, 11) is 0. The van der Waals surface area contributed by atoms with Crippen molar-refractivity contribution >= 4 is 23.6 Å². The summed E-state index contributed by atoms with van der Waals surface area (Å²) in [6.45, 7) is 3.17. The molecule has 0 aliphatic heterocycles. The first-order valence-electron chi connectivity index (χ1n) is 7.46. The zero-order valence-electron chi connectivity index (χ0n) is 13.6. The number of amides is 1. The molecule has 0 fully saturated rings. The minimum absolute atomic E-state index is 0.217. The second-order valence-corrected chi connectivity index (χ2v) is 5.89. The second-order valence-electron chi connectivity index (χ2n) is 5.48. The molecule has 3 nitrogen and oxygen atoms in total. The average molecular weight is 361 g/mol. The van der Waals surface area contributed by atoms with Crippen molar-refractivity contribution in [2.75, 3.05) is 0 Å². The van der Waals surface area contributed by atoms with Gasteiger partial charge in [-0.15, -0.1) is 0 Å². The molecule has 6 heteroatoms. The van der Waals surface area contributed by atoms with Crippen LogP contribution in [0.15, 0.2) is 42.0 Å². The Morgan fingerprint density at radius 3 is 2.60 bits per heavy atom. The van der Waals surface area contributed by atoms with Crippen molar-refractivity contribution in [3.05, 3.63) is 75.3 Å². The molecule has 0 unspecified atom stereocenters. The highest BCUT2D eigenvalue weighted by Gasteiger charge is 2.18. The van der Waals surface area contributed by atoms with Crippen molar-refractivity contribution in [1.82, 2.24) is 5.32 Å². The quantitative estimate of drug-likeness (QED) is 0.634. The molecule has 0 aliphatic rings. The Balaban J connectivity index is 2.30. The molecule has 0 heterocycles. The van der Waals surface area contributed by atoms with E-state index in [1.54, 1.807) is 37.3 Å². The minimum Gasteiger partial charge on any atom is -0.345 e. The maximum absolute atomic E-state index is 14.1. The van der Waals surface area contributed by atoms with Gasteiger partial charge in [-0.2, -0.15) is 5.26 Å². The Morgan fingerprint density at radius 2 is 1.96 bits per heavy atom. The molecule has 0 saturated heterocycles. The normalized spacial score (nSPS) is 12.4. The molecule has 2 aromatic rings. The maximum atomic E-state index is 14.1. The number of nitriles is 1. The Morgan fingerprint density at radius 1 is 1.28 bits per heavy atom. The number of carbonyl (C=O) groups excluding carboxylic acids is 1. The summed E-state index contributed by atoms with van der Waals surface area (Å²) in [5.41, 5.74) is 0.0666. The van der Waals surface area contributed by atoms with Gasteiger partial charge in [0.05, 0.1) is 6.04 Å². The third-order valence-electron chi connectivity index (χ3n) is 3.69. The van der Waals surface area contributed by atoms with Crippen LogP contribution in [0.25, 0.3) is 6.08 Å². The molecule has 0 spiro atoms. The fraction of sp³-hybridized carbons (Fsp3) is 0.158. The lowest BCUT2D eigenvalue weighted by Crippen LogP contribution is -2.27. The van der Waals surface area contributed by atoms with Gasteiger partial charge in [-0.05, 0) is 43.2 Å². The summed E-state index contributed by atoms with van der Waals surface area (Å²) >= 11 is 6.07. The summed E-state index contributed by atoms with van der Waals surface area (Å²) in [6.07, 6.45) is 0.909. The van der Waals surface area contributed by atoms with Crippen molar-refractivity contribution in [3.63, 3.8) is 0 Å². The van der Waals surface area contributed by atoms with Gasteiger partial charge in [-0.25, -0.2) is 8.78 Å². The summed E-state index contributed by atoms with van der Waals surface area (Å²) in [6, 6.07) is 10.5. The number of benzene rings is 2. The summed E-state index contributed by atoms with van der Waals surface area (Å²) in [5, 5.41) is 12.3. The molecule has 2 rings (SSSR count). The largest absolute Gasteiger partial charge is 0.345 e. The molecular formula is C19H15ClF2N2O. The number of aryl methyl sites for hydroxylation is 1. The summed E-state index contributed by atoms with van der Waals surface area (Å²) in [4.78, 5) is 12.3. The van der Waals surface area contributed by atoms with Gasteiger partial charge in [-0.3, -0.25) is 4.79 Å². The first-order chi connectivity index (χ1) is 11.8. The minimum atomic E-state index is -0.845. The smallest absolute Gasteiger partial charge is 0.262 e. The predicted molar refractivity (Wildman–Crippen MR) is 92.7 cm³/mol. The maximum Gasteiger partial charge on any atom is 0.262 e. The van der Waals surface area contributed by atoms with E-state index in [0.717, 1.165) is 12.1 Å². The van der Waals surface area contributed by atoms with Crippen LogP contribution in [-0.2, 0) is 4.79 Å². The highest BCUT2D eigenvalue weighted by Crippen LogP contribution is 2.23. The highest BCUT2D eigenvalue weighted by molar-refractivity contribution is 6.31. The van der Waals surface area contributed by atoms with E-state index >= 15 is 0 Å². The molecule has 0 aromatic heterocycles. The molecular weight excluding hydrogens is 346 g/mol. The SMILES string of the molecule is Cc1ccc(F)c(/C=C(\C#N)C(=O)N[C@@H](C)c2ccccc2Cl)c1F. The van der Waals surface area contributed by atoms with Crippen molar-refractivity contribution < 1.29 is 13.6 Å². The van der Waals surface area contributed by atoms with Crippen LogP contribution in [0.5, 0.6) is 0 Å². The van der Waals surface area contributed by atoms with Crippen LogP contribution in [0.3, 0.4) is 0 Å². The van der Waals surface area contributed by atoms with E-state index in [1.807, 2.05) is 0 Å². The van der Waals surface area contributed by atoms with Gasteiger partial charge in [-0.1, -0.05) is 35.9 Å². The number of hydrogen-bond acceptors (Lipinski definition) is 2. The van der Waals surface area contributed by atoms with Crippen LogP contribution in [-0.4, -0.2) is 5.91 Å². The number of rotatable bonds is 4. The number of nitrogens with one attached hydrogen (secondary N) is 1. The molecule has 0 radical (unpaired) electrons. The third-order valence-corrected chi connectivity index (χ3v) is 4.04. The molecule has 25 heavy (non-hydrogen) atoms. The Hall–Kier alpha value is -2.71. The van der Waals surface area contributed by atoms with Crippen LogP contribution < -0.4 is 5.32 Å². The van der Waals surface area contributed by atoms with E-state index in [9.17, 15) is 18.8 Å². The van der Waals surface area contributed by atoms with E-state index in [0.29, 0.717) is 10.6 Å². The van der Waals surface area contributed by atoms with Crippen molar-refractivity contribution in [3.8, 4) is 6.07 Å². The molecule has 1 atom stereocenters. The van der Waals surface area contributed by atoms with Gasteiger partial charge >= 0.3 is 0 Å². The summed E-state index contributed by atoms with van der Waals surface area (Å²) in [5.74, 6) is -2.39. The second kappa shape index (κ2) is 7.91. The van der Waals surface area contributed by atoms with Gasteiger partial charge in [0.15, 0.2) is 0 Å². The molecule has 0 bridgehead atoms. The Bertz CT molecular complexity index is 887. The highest BCUT2D eigenvalue weighted by atomic mass is 35.5. The van der Waals surface area contributed by atoms with Crippen LogP contribution in [0.4, 0.5) is 8.78 Å². The average Bonchev–Trinajstić information content (AvgIpc) is 2.58. The van der Waals surface area contributed by atoms with E-state index in [4.69, 9.17) is 11.6 Å². The number of hydrogen-bond donors (Lipinski definition) is 1. The lowest BCUT2D eigenvalue weighted by Gasteiger charge is -2.15. The van der Waals surface area contributed by atoms with Gasteiger partial charge in [0.1, 0.15) is 23.3 Å². The molecule has 1 amide bonds. The summed E-state index contributed by atoms with van der Waals surface area (Å²) < 4.78 is 27.9. The standard InChI is InChI=1S/C19H15ClF2N2O/c1-11-7-8-17(21)15(18(11)22)9-13(10-23)19(25)24-12(2)14-5-3-4-6-16(14)20/h3-9,12H,1-2H3,(H,24,25)/b13-9+/t12-/m0/s1. The van der Waals surface area contributed by atoms with E-state index in [1.165, 1.54) is 13.0 Å². The van der Waals surface area contributed by atoms with Gasteiger partial charge in [0, 0.05) is 10.6 Å². The fourth-order valence-corrected chi connectivity index (χ4v) is 2.58. The Kier molecular flexibility index (Phi) is 5.89. The van der Waals surface area contributed by atoms with E-state index in [2.05, 4.69) is 5.32 Å². The van der Waals surface area contributed by atoms with Crippen LogP contribution in [0, 0.1) is 29.9 Å². The van der Waals surface area contributed by atoms with Crippen molar-refractivity contribution in [2.45, 2.75) is 19.9 Å². The lowest BCUT2D eigenvalue weighted by atomic mass is 10.1. The lowest BCUT2D eigenvalue weighted by molar-refractivity contribution is -0.117. The number of nitrogens with zero attached hydrogens (tertiary/aromatic N) is 1. The predicted octanol–water partition coefficient (Wildman–Crippen LogP) is 4.71. The topological polar surface area (TPSA) is 52.9 Å². The van der Waals surface area contributed by atoms with Crippen molar-refractivity contribution in [1.29, 1.82) is 5.26 Å². The van der Waals surface area contributed by atoms with Gasteiger partial charge in [0.25, 0.3) is 5.91 Å². The first kappa shape index (κ1) is 18.6. The van der Waals surface area contributed by atoms with E-state index < -0.39 is 34.7 Å². The monoisotopic (exact) mass is 360 g/mol. The zero-order chi connectivity index (χ0) is 18.6. The van der Waals surface area contributed by atoms with Crippen LogP contribution >= 0.6 is 11.6 Å². The van der Waals surface area contributed by atoms with Crippen molar-refractivity contribution in [2.24, 2.45) is 0 Å². The molecule has 2 aromatic carbocycles. The Labute approximate surface area is 149 Å². The van der Waals surface area contributed by atoms with Gasteiger partial charge < -0.3 is 5.32 Å². The number of carbonyl (C=O) groups is 1. The molecule has 1 N–H and O–H groups in total. The van der Waals surface area contributed by atoms with E-state index in [-0.39, 0.29) is 5.56 Å². The first-order valence-corrected chi connectivity index (χ1v) is 7.84. The van der Waals surface area contributed by atoms with Crippen LogP contribution in [0.2, 0.25) is 5.02 Å². The third kappa shape index (κ3) is 4.23. The molecule has 0 saturated carbocycles. The molecule has 0 aliphatic carbocycles. The number of halogens is 3. The zero-order valence-corrected chi connectivity index (χ0v) is 14.4. The molecule has 128 valence electrons. The van der Waals surface area contributed by atoms with Gasteiger partial charge in [0.2, 0.25) is 0 Å². The fourth-order valence-electron chi connectivity index (χ4n) is 2.28.